The van der Waals surface area contributed by atoms with Gasteiger partial charge < -0.3 is 15.0 Å². The summed E-state index contributed by atoms with van der Waals surface area (Å²) in [4.78, 5) is 12.8. The second-order valence-electron chi connectivity index (χ2n) is 10.3. The minimum atomic E-state index is -0.139. The molecule has 1 unspecified atom stereocenters. The number of anilines is 1. The van der Waals surface area contributed by atoms with Crippen molar-refractivity contribution < 1.29 is 9.90 Å². The summed E-state index contributed by atoms with van der Waals surface area (Å²) < 4.78 is 2.27. The van der Waals surface area contributed by atoms with Gasteiger partial charge in [0.25, 0.3) is 0 Å². The molecule has 1 amide bonds. The Balaban J connectivity index is 1.73. The number of aliphatic hydroxyl groups is 1. The number of aromatic nitrogens is 3. The molecule has 0 radical (unpaired) electrons. The Morgan fingerprint density at radius 3 is 2.61 bits per heavy atom. The van der Waals surface area contributed by atoms with Gasteiger partial charge in [-0.05, 0) is 63.0 Å². The number of aryl methyl sites for hydroxylation is 3. The third kappa shape index (κ3) is 6.63. The van der Waals surface area contributed by atoms with Gasteiger partial charge in [0.15, 0.2) is 0 Å². The van der Waals surface area contributed by atoms with Crippen molar-refractivity contribution in [2.75, 3.05) is 11.9 Å². The number of hydrogen-bond acceptors (Lipinski definition) is 4. The minimum absolute atomic E-state index is 0.0262. The second-order valence-corrected chi connectivity index (χ2v) is 10.3. The van der Waals surface area contributed by atoms with Gasteiger partial charge in [-0.2, -0.15) is 0 Å². The maximum absolute atomic E-state index is 12.8. The number of aliphatic hydroxyl groups excluding tert-OH is 1. The summed E-state index contributed by atoms with van der Waals surface area (Å²) in [5, 5.41) is 21.7. The highest BCUT2D eigenvalue weighted by molar-refractivity contribution is 5.92. The third-order valence-electron chi connectivity index (χ3n) is 5.96. The number of nitrogens with zero attached hydrogens (tertiary/aromatic N) is 3. The summed E-state index contributed by atoms with van der Waals surface area (Å²) in [7, 11) is 0. The fraction of sp³-hybridized carbons (Fsp3) is 0.640. The molecule has 0 bridgehead atoms. The highest BCUT2D eigenvalue weighted by Crippen LogP contribution is 2.39. The van der Waals surface area contributed by atoms with Crippen molar-refractivity contribution in [3.05, 3.63) is 41.0 Å². The molecule has 0 saturated heterocycles. The normalized spacial score (nSPS) is 15.2. The number of nitrogens with one attached hydrogen (secondary N) is 1. The fourth-order valence-corrected chi connectivity index (χ4v) is 4.15. The average Bonchev–Trinajstić information content (AvgIpc) is 3.42. The first-order chi connectivity index (χ1) is 14.7. The molecule has 0 spiro atoms. The molecule has 0 aliphatic heterocycles. The zero-order valence-corrected chi connectivity index (χ0v) is 19.7. The summed E-state index contributed by atoms with van der Waals surface area (Å²) in [5.74, 6) is 1.70. The van der Waals surface area contributed by atoms with Crippen molar-refractivity contribution in [3.8, 4) is 0 Å². The van der Waals surface area contributed by atoms with Gasteiger partial charge in [-0.3, -0.25) is 4.79 Å². The Morgan fingerprint density at radius 1 is 1.26 bits per heavy atom. The highest BCUT2D eigenvalue weighted by atomic mass is 16.3. The van der Waals surface area contributed by atoms with Crippen LogP contribution in [0.15, 0.2) is 18.2 Å². The summed E-state index contributed by atoms with van der Waals surface area (Å²) in [6.07, 6.45) is 6.19. The number of benzene rings is 1. The smallest absolute Gasteiger partial charge is 0.225 e. The van der Waals surface area contributed by atoms with Crippen LogP contribution in [0.2, 0.25) is 0 Å². The van der Waals surface area contributed by atoms with Crippen LogP contribution in [0.3, 0.4) is 0 Å². The van der Waals surface area contributed by atoms with E-state index < -0.39 is 0 Å². The van der Waals surface area contributed by atoms with Gasteiger partial charge >= 0.3 is 0 Å². The summed E-state index contributed by atoms with van der Waals surface area (Å²) in [6, 6.07) is 6.46. The number of rotatable bonds is 10. The zero-order valence-electron chi connectivity index (χ0n) is 19.7. The number of carbonyl (C=O) groups excluding carboxylic acids is 1. The lowest BCUT2D eigenvalue weighted by Gasteiger charge is -2.19. The van der Waals surface area contributed by atoms with E-state index in [-0.39, 0.29) is 18.4 Å². The summed E-state index contributed by atoms with van der Waals surface area (Å²) in [5.41, 5.74) is 3.36. The molecule has 1 aromatic carbocycles. The van der Waals surface area contributed by atoms with Crippen LogP contribution in [-0.2, 0) is 11.2 Å². The van der Waals surface area contributed by atoms with Crippen LogP contribution in [-0.4, -0.2) is 32.4 Å². The molecule has 1 heterocycles. The van der Waals surface area contributed by atoms with Crippen molar-refractivity contribution in [2.45, 2.75) is 91.5 Å². The lowest BCUT2D eigenvalue weighted by atomic mass is 9.90. The van der Waals surface area contributed by atoms with Crippen LogP contribution in [0.1, 0.15) is 94.0 Å². The molecule has 1 fully saturated rings. The van der Waals surface area contributed by atoms with Crippen LogP contribution in [0, 0.1) is 19.3 Å². The largest absolute Gasteiger partial charge is 0.396 e. The van der Waals surface area contributed by atoms with Gasteiger partial charge in [-0.25, -0.2) is 0 Å². The van der Waals surface area contributed by atoms with E-state index in [9.17, 15) is 9.90 Å². The van der Waals surface area contributed by atoms with E-state index >= 15 is 0 Å². The molecule has 170 valence electrons. The maximum Gasteiger partial charge on any atom is 0.225 e. The molecule has 3 rings (SSSR count). The molecule has 2 N–H and O–H groups in total. The molecule has 1 aromatic heterocycles. The molecule has 1 aliphatic rings. The van der Waals surface area contributed by atoms with E-state index in [2.05, 4.69) is 46.9 Å². The molecule has 6 nitrogen and oxygen atoms in total. The van der Waals surface area contributed by atoms with Crippen molar-refractivity contribution in [1.82, 2.24) is 14.8 Å². The fourth-order valence-electron chi connectivity index (χ4n) is 4.15. The van der Waals surface area contributed by atoms with Crippen molar-refractivity contribution in [3.63, 3.8) is 0 Å². The average molecular weight is 427 g/mol. The van der Waals surface area contributed by atoms with E-state index in [1.807, 2.05) is 26.0 Å². The van der Waals surface area contributed by atoms with Crippen molar-refractivity contribution in [2.24, 2.45) is 5.41 Å². The predicted octanol–water partition coefficient (Wildman–Crippen LogP) is 5.09. The van der Waals surface area contributed by atoms with Crippen LogP contribution >= 0.6 is 0 Å². The van der Waals surface area contributed by atoms with Crippen molar-refractivity contribution >= 4 is 11.6 Å². The lowest BCUT2D eigenvalue weighted by molar-refractivity contribution is -0.116. The van der Waals surface area contributed by atoms with E-state index in [1.54, 1.807) is 0 Å². The Kier molecular flexibility index (Phi) is 7.52. The molecule has 1 aliphatic carbocycles. The van der Waals surface area contributed by atoms with Crippen LogP contribution in [0.5, 0.6) is 0 Å². The molecular formula is C25H38N4O2. The Hall–Kier alpha value is -2.21. The Bertz CT molecular complexity index is 893. The van der Waals surface area contributed by atoms with Gasteiger partial charge in [-0.1, -0.05) is 38.5 Å². The van der Waals surface area contributed by atoms with Gasteiger partial charge in [-0.15, -0.1) is 10.2 Å². The molecule has 2 aromatic rings. The zero-order chi connectivity index (χ0) is 22.6. The standard InChI is InChI=1S/C25H38N4O2/c1-17-8-11-21(18(2)15-17)26-23(31)16-19(12-14-30)24-28-27-22(29(24)20-9-10-20)7-6-13-25(3,4)5/h8,11,15,19-20,30H,6-7,9-10,12-14,16H2,1-5H3,(H,26,31). The Labute approximate surface area is 186 Å². The van der Waals surface area contributed by atoms with E-state index in [0.29, 0.717) is 24.3 Å². The second kappa shape index (κ2) is 9.94. The SMILES string of the molecule is Cc1ccc(NC(=O)CC(CCO)c2nnc(CCCC(C)(C)C)n2C2CC2)c(C)c1. The first kappa shape index (κ1) is 23.5. The number of hydrogen-bond donors (Lipinski definition) is 2. The maximum atomic E-state index is 12.8. The molecule has 6 heteroatoms. The van der Waals surface area contributed by atoms with E-state index in [0.717, 1.165) is 55.0 Å². The van der Waals surface area contributed by atoms with Crippen LogP contribution < -0.4 is 5.32 Å². The molecular weight excluding hydrogens is 388 g/mol. The minimum Gasteiger partial charge on any atom is -0.396 e. The Morgan fingerprint density at radius 2 is 2.00 bits per heavy atom. The third-order valence-corrected chi connectivity index (χ3v) is 5.96. The quantitative estimate of drug-likeness (QED) is 0.554. The van der Waals surface area contributed by atoms with Gasteiger partial charge in [0, 0.05) is 37.1 Å². The molecule has 31 heavy (non-hydrogen) atoms. The highest BCUT2D eigenvalue weighted by Gasteiger charge is 2.32. The van der Waals surface area contributed by atoms with Crippen LogP contribution in [0.25, 0.3) is 0 Å². The van der Waals surface area contributed by atoms with E-state index in [1.165, 1.54) is 5.56 Å². The topological polar surface area (TPSA) is 80.0 Å². The first-order valence-electron chi connectivity index (χ1n) is 11.6. The van der Waals surface area contributed by atoms with Gasteiger partial charge in [0.2, 0.25) is 5.91 Å². The molecule has 1 atom stereocenters. The number of carbonyl (C=O) groups is 1. The number of amides is 1. The summed E-state index contributed by atoms with van der Waals surface area (Å²) in [6.45, 7) is 10.8. The van der Waals surface area contributed by atoms with Crippen LogP contribution in [0.4, 0.5) is 5.69 Å². The van der Waals surface area contributed by atoms with Gasteiger partial charge in [0.1, 0.15) is 11.6 Å². The van der Waals surface area contributed by atoms with Gasteiger partial charge in [0.05, 0.1) is 0 Å². The predicted molar refractivity (Wildman–Crippen MR) is 124 cm³/mol. The lowest BCUT2D eigenvalue weighted by Crippen LogP contribution is -2.20. The summed E-state index contributed by atoms with van der Waals surface area (Å²) >= 11 is 0. The van der Waals surface area contributed by atoms with E-state index in [4.69, 9.17) is 0 Å². The first-order valence-corrected chi connectivity index (χ1v) is 11.6. The monoisotopic (exact) mass is 426 g/mol. The molecule has 1 saturated carbocycles. The van der Waals surface area contributed by atoms with Crippen molar-refractivity contribution in [1.29, 1.82) is 0 Å².